The number of hydrogen-bond donors (Lipinski definition) is 1. The lowest BCUT2D eigenvalue weighted by Gasteiger charge is -2.35. The first-order valence-corrected chi connectivity index (χ1v) is 11.3. The van der Waals surface area contributed by atoms with Gasteiger partial charge in [0.2, 0.25) is 0 Å². The molecule has 1 aromatic carbocycles. The number of hydrogen-bond acceptors (Lipinski definition) is 6. The number of aliphatic hydroxyl groups excluding tert-OH is 1. The summed E-state index contributed by atoms with van der Waals surface area (Å²) < 4.78 is 6.02. The Balaban J connectivity index is 1.47. The van der Waals surface area contributed by atoms with Crippen molar-refractivity contribution in [2.24, 2.45) is 0 Å². The standard InChI is InChI=1S/C21H35N3O2S/c1-22(2)19-7-9-23(10-8-19)15-18-5-3-4-6-21(18)26-17-20(25)16-24-11-13-27-14-12-24/h3-6,19-20,25H,7-17H2,1-2H3. The maximum absolute atomic E-state index is 10.4. The van der Waals surface area contributed by atoms with Crippen molar-refractivity contribution in [3.63, 3.8) is 0 Å². The van der Waals surface area contributed by atoms with Crippen molar-refractivity contribution in [2.75, 3.05) is 64.9 Å². The number of ether oxygens (including phenoxy) is 1. The molecule has 0 spiro atoms. The van der Waals surface area contributed by atoms with Crippen molar-refractivity contribution < 1.29 is 9.84 Å². The van der Waals surface area contributed by atoms with Crippen LogP contribution in [0.15, 0.2) is 24.3 Å². The number of benzene rings is 1. The number of likely N-dealkylation sites (tertiary alicyclic amines) is 1. The monoisotopic (exact) mass is 393 g/mol. The topological polar surface area (TPSA) is 39.2 Å². The highest BCUT2D eigenvalue weighted by molar-refractivity contribution is 7.99. The minimum absolute atomic E-state index is 0.364. The van der Waals surface area contributed by atoms with Crippen LogP contribution in [0.5, 0.6) is 5.75 Å². The molecule has 1 N–H and O–H groups in total. The van der Waals surface area contributed by atoms with Gasteiger partial charge < -0.3 is 14.7 Å². The average molecular weight is 394 g/mol. The fourth-order valence-corrected chi connectivity index (χ4v) is 4.91. The molecule has 0 aliphatic carbocycles. The first kappa shape index (κ1) is 20.9. The van der Waals surface area contributed by atoms with Gasteiger partial charge in [-0.15, -0.1) is 0 Å². The van der Waals surface area contributed by atoms with Crippen LogP contribution in [-0.2, 0) is 6.54 Å². The van der Waals surface area contributed by atoms with Crippen LogP contribution in [-0.4, -0.2) is 96.9 Å². The summed E-state index contributed by atoms with van der Waals surface area (Å²) in [4.78, 5) is 7.20. The minimum atomic E-state index is -0.433. The van der Waals surface area contributed by atoms with Crippen molar-refractivity contribution in [2.45, 2.75) is 31.5 Å². The lowest BCUT2D eigenvalue weighted by molar-refractivity contribution is 0.0705. The lowest BCUT2D eigenvalue weighted by atomic mass is 10.0. The Labute approximate surface area is 168 Å². The molecule has 1 unspecified atom stereocenters. The third-order valence-corrected chi connectivity index (χ3v) is 6.60. The number of para-hydroxylation sites is 1. The molecule has 27 heavy (non-hydrogen) atoms. The Morgan fingerprint density at radius 1 is 1.11 bits per heavy atom. The van der Waals surface area contributed by atoms with Gasteiger partial charge >= 0.3 is 0 Å². The summed E-state index contributed by atoms with van der Waals surface area (Å²) in [5.41, 5.74) is 1.22. The molecule has 2 aliphatic rings. The van der Waals surface area contributed by atoms with E-state index < -0.39 is 6.10 Å². The maximum Gasteiger partial charge on any atom is 0.123 e. The molecule has 2 heterocycles. The van der Waals surface area contributed by atoms with E-state index in [0.29, 0.717) is 19.2 Å². The van der Waals surface area contributed by atoms with Gasteiger partial charge in [0.05, 0.1) is 0 Å². The highest BCUT2D eigenvalue weighted by Gasteiger charge is 2.21. The van der Waals surface area contributed by atoms with Gasteiger partial charge in [-0.05, 0) is 46.1 Å². The fraction of sp³-hybridized carbons (Fsp3) is 0.714. The van der Waals surface area contributed by atoms with E-state index in [4.69, 9.17) is 4.74 Å². The molecule has 5 nitrogen and oxygen atoms in total. The van der Waals surface area contributed by atoms with Gasteiger partial charge in [0.25, 0.3) is 0 Å². The summed E-state index contributed by atoms with van der Waals surface area (Å²) in [6.07, 6.45) is 2.02. The van der Waals surface area contributed by atoms with Crippen LogP contribution >= 0.6 is 11.8 Å². The Bertz CT molecular complexity index is 558. The van der Waals surface area contributed by atoms with E-state index in [1.165, 1.54) is 29.9 Å². The zero-order valence-electron chi connectivity index (χ0n) is 16.8. The number of thioether (sulfide) groups is 1. The Kier molecular flexibility index (Phi) is 8.27. The zero-order valence-corrected chi connectivity index (χ0v) is 17.7. The van der Waals surface area contributed by atoms with Crippen LogP contribution in [0, 0.1) is 0 Å². The normalized spacial score (nSPS) is 21.5. The van der Waals surface area contributed by atoms with Gasteiger partial charge in [-0.3, -0.25) is 9.80 Å². The number of β-amino-alcohol motifs (C(OH)–C–C–N with tert-alkyl or cyclic N) is 1. The minimum Gasteiger partial charge on any atom is -0.491 e. The molecule has 0 bridgehead atoms. The molecule has 0 saturated carbocycles. The molecule has 0 radical (unpaired) electrons. The Morgan fingerprint density at radius 2 is 1.81 bits per heavy atom. The molecule has 0 amide bonds. The number of rotatable bonds is 8. The highest BCUT2D eigenvalue weighted by atomic mass is 32.2. The second-order valence-corrected chi connectivity index (χ2v) is 9.18. The molecule has 152 valence electrons. The van der Waals surface area contributed by atoms with Gasteiger partial charge in [0.1, 0.15) is 18.5 Å². The predicted molar refractivity (Wildman–Crippen MR) is 114 cm³/mol. The third kappa shape index (κ3) is 6.64. The first-order valence-electron chi connectivity index (χ1n) is 10.2. The van der Waals surface area contributed by atoms with E-state index in [0.717, 1.165) is 38.5 Å². The van der Waals surface area contributed by atoms with Crippen LogP contribution in [0.25, 0.3) is 0 Å². The van der Waals surface area contributed by atoms with E-state index in [1.807, 2.05) is 23.9 Å². The Hall–Kier alpha value is -0.790. The van der Waals surface area contributed by atoms with E-state index in [2.05, 4.69) is 40.9 Å². The summed E-state index contributed by atoms with van der Waals surface area (Å²) in [5.74, 6) is 3.25. The molecule has 2 saturated heterocycles. The third-order valence-electron chi connectivity index (χ3n) is 5.66. The summed E-state index contributed by atoms with van der Waals surface area (Å²) in [6.45, 7) is 6.40. The number of aliphatic hydroxyl groups is 1. The van der Waals surface area contributed by atoms with Crippen molar-refractivity contribution in [3.05, 3.63) is 29.8 Å². The zero-order chi connectivity index (χ0) is 19.1. The van der Waals surface area contributed by atoms with Gasteiger partial charge in [0, 0.05) is 49.3 Å². The molecule has 2 fully saturated rings. The van der Waals surface area contributed by atoms with Crippen LogP contribution in [0.4, 0.5) is 0 Å². The Morgan fingerprint density at radius 3 is 2.52 bits per heavy atom. The van der Waals surface area contributed by atoms with Crippen molar-refractivity contribution in [1.82, 2.24) is 14.7 Å². The molecule has 3 rings (SSSR count). The molecule has 2 aliphatic heterocycles. The highest BCUT2D eigenvalue weighted by Crippen LogP contribution is 2.23. The number of piperidine rings is 1. The van der Waals surface area contributed by atoms with E-state index in [9.17, 15) is 5.11 Å². The summed E-state index contributed by atoms with van der Waals surface area (Å²) in [6, 6.07) is 8.99. The van der Waals surface area contributed by atoms with Gasteiger partial charge in [0.15, 0.2) is 0 Å². The van der Waals surface area contributed by atoms with Crippen molar-refractivity contribution in [3.8, 4) is 5.75 Å². The van der Waals surface area contributed by atoms with Crippen molar-refractivity contribution in [1.29, 1.82) is 0 Å². The maximum atomic E-state index is 10.4. The quantitative estimate of drug-likeness (QED) is 0.728. The average Bonchev–Trinajstić information content (AvgIpc) is 2.68. The van der Waals surface area contributed by atoms with Gasteiger partial charge in [-0.1, -0.05) is 18.2 Å². The SMILES string of the molecule is CN(C)C1CCN(Cc2ccccc2OCC(O)CN2CCSCC2)CC1. The van der Waals surface area contributed by atoms with E-state index in [-0.39, 0.29) is 0 Å². The van der Waals surface area contributed by atoms with E-state index >= 15 is 0 Å². The molecule has 1 atom stereocenters. The smallest absolute Gasteiger partial charge is 0.123 e. The molecular weight excluding hydrogens is 358 g/mol. The summed E-state index contributed by atoms with van der Waals surface area (Å²) in [7, 11) is 4.36. The van der Waals surface area contributed by atoms with E-state index in [1.54, 1.807) is 0 Å². The van der Waals surface area contributed by atoms with Crippen LogP contribution in [0.2, 0.25) is 0 Å². The second-order valence-electron chi connectivity index (χ2n) is 7.96. The molecular formula is C21H35N3O2S. The largest absolute Gasteiger partial charge is 0.491 e. The van der Waals surface area contributed by atoms with Gasteiger partial charge in [-0.25, -0.2) is 0 Å². The lowest BCUT2D eigenvalue weighted by Crippen LogP contribution is -2.41. The van der Waals surface area contributed by atoms with Crippen molar-refractivity contribution >= 4 is 11.8 Å². The molecule has 1 aromatic rings. The fourth-order valence-electron chi connectivity index (χ4n) is 3.93. The number of nitrogens with zero attached hydrogens (tertiary/aromatic N) is 3. The molecule has 6 heteroatoms. The van der Waals surface area contributed by atoms with Crippen LogP contribution < -0.4 is 4.74 Å². The second kappa shape index (κ2) is 10.7. The van der Waals surface area contributed by atoms with Crippen LogP contribution in [0.1, 0.15) is 18.4 Å². The predicted octanol–water partition coefficient (Wildman–Crippen LogP) is 2.00. The summed E-state index contributed by atoms with van der Waals surface area (Å²) in [5, 5.41) is 10.4. The first-order chi connectivity index (χ1) is 13.1. The summed E-state index contributed by atoms with van der Waals surface area (Å²) >= 11 is 1.99. The molecule has 0 aromatic heterocycles. The van der Waals surface area contributed by atoms with Gasteiger partial charge in [-0.2, -0.15) is 11.8 Å². The van der Waals surface area contributed by atoms with Crippen LogP contribution in [0.3, 0.4) is 0 Å².